The van der Waals surface area contributed by atoms with Gasteiger partial charge in [-0.25, -0.2) is 0 Å². The molecule has 2 aliphatic rings. The summed E-state index contributed by atoms with van der Waals surface area (Å²) in [4.78, 5) is 73.0. The number of nitrogens with one attached hydrogen (secondary N) is 5. The van der Waals surface area contributed by atoms with Gasteiger partial charge in [0.15, 0.2) is 0 Å². The Labute approximate surface area is 268 Å². The molecule has 1 aromatic heterocycles. The molecule has 4 rings (SSSR count). The first-order chi connectivity index (χ1) is 21.7. The van der Waals surface area contributed by atoms with Crippen LogP contribution in [0, 0.1) is 11.8 Å². The summed E-state index contributed by atoms with van der Waals surface area (Å²) in [7, 11) is -4.78. The third-order valence-electron chi connectivity index (χ3n) is 8.70. The fraction of sp³-hybridized carbons (Fsp3) is 0.581. The zero-order chi connectivity index (χ0) is 33.8. The van der Waals surface area contributed by atoms with E-state index in [9.17, 15) is 36.9 Å². The Balaban J connectivity index is 1.79. The maximum atomic E-state index is 13.9. The fourth-order valence-electron chi connectivity index (χ4n) is 6.08. The number of amides is 5. The third kappa shape index (κ3) is 8.43. The van der Waals surface area contributed by atoms with Gasteiger partial charge in [0.1, 0.15) is 36.0 Å². The molecule has 14 nitrogen and oxygen atoms in total. The van der Waals surface area contributed by atoms with Crippen LogP contribution >= 0.6 is 0 Å². The maximum absolute atomic E-state index is 13.9. The minimum absolute atomic E-state index is 0.0422. The number of H-pyrrole nitrogens is 1. The lowest BCUT2D eigenvalue weighted by molar-refractivity contribution is -0.142. The standard InChI is InChI=1S/C31H44N6O8S/c1-5-18(4)26-30(41)34-22(13-17(2)3)27(38)33-23(14-19-15-32-21-10-7-6-9-20(19)21)28(39)35-24(16-46(43,44)45)31(42)37-12-8-11-25(37)29(40)36-26/h6-7,9-10,15,17-18,22-26,32H,5,8,11-14,16H2,1-4H3,(H,33,38)(H,34,41)(H,35,39)(H,36,40)(H,43,44,45)/t18-,22-,23+,24+,25-,26+/m0/s1. The first-order valence-corrected chi connectivity index (χ1v) is 17.3. The second-order valence-corrected chi connectivity index (χ2v) is 14.2. The highest BCUT2D eigenvalue weighted by Gasteiger charge is 2.42. The molecule has 46 heavy (non-hydrogen) atoms. The first kappa shape index (κ1) is 34.9. The molecule has 5 amide bonds. The lowest BCUT2D eigenvalue weighted by Crippen LogP contribution is -2.59. The molecule has 2 fully saturated rings. The average molecular weight is 661 g/mol. The molecular weight excluding hydrogens is 616 g/mol. The molecule has 15 heteroatoms. The van der Waals surface area contributed by atoms with E-state index in [2.05, 4.69) is 26.3 Å². The Morgan fingerprint density at radius 1 is 0.891 bits per heavy atom. The smallest absolute Gasteiger partial charge is 0.267 e. The van der Waals surface area contributed by atoms with Crippen LogP contribution in [-0.4, -0.2) is 94.9 Å². The normalized spacial score (nSPS) is 26.1. The van der Waals surface area contributed by atoms with Crippen molar-refractivity contribution in [2.24, 2.45) is 11.8 Å². The van der Waals surface area contributed by atoms with Crippen LogP contribution in [0.25, 0.3) is 10.9 Å². The van der Waals surface area contributed by atoms with Crippen LogP contribution in [0.4, 0.5) is 0 Å². The minimum Gasteiger partial charge on any atom is -0.361 e. The van der Waals surface area contributed by atoms with Crippen LogP contribution in [0.5, 0.6) is 0 Å². The van der Waals surface area contributed by atoms with Gasteiger partial charge < -0.3 is 31.2 Å². The van der Waals surface area contributed by atoms with Crippen molar-refractivity contribution in [2.45, 2.75) is 90.0 Å². The Morgan fingerprint density at radius 2 is 1.54 bits per heavy atom. The monoisotopic (exact) mass is 660 g/mol. The number of nitrogens with zero attached hydrogens (tertiary/aromatic N) is 1. The number of carbonyl (C=O) groups excluding carboxylic acids is 5. The molecule has 0 radical (unpaired) electrons. The van der Waals surface area contributed by atoms with E-state index in [-0.39, 0.29) is 37.6 Å². The van der Waals surface area contributed by atoms with Crippen LogP contribution in [0.2, 0.25) is 0 Å². The van der Waals surface area contributed by atoms with Crippen LogP contribution in [-0.2, 0) is 40.5 Å². The molecule has 3 heterocycles. The molecular formula is C31H44N6O8S. The second kappa shape index (κ2) is 14.6. The predicted octanol–water partition coefficient (Wildman–Crippen LogP) is 0.634. The van der Waals surface area contributed by atoms with Gasteiger partial charge >= 0.3 is 0 Å². The number of hydrogen-bond acceptors (Lipinski definition) is 7. The number of fused-ring (bicyclic) bond motifs is 2. The highest BCUT2D eigenvalue weighted by atomic mass is 32.2. The van der Waals surface area contributed by atoms with Crippen molar-refractivity contribution < 1.29 is 36.9 Å². The Bertz CT molecular complexity index is 1570. The van der Waals surface area contributed by atoms with E-state index in [0.717, 1.165) is 10.9 Å². The molecule has 0 spiro atoms. The number of rotatable bonds is 8. The number of para-hydroxylation sites is 1. The molecule has 0 unspecified atom stereocenters. The topological polar surface area (TPSA) is 207 Å². The van der Waals surface area contributed by atoms with Crippen molar-refractivity contribution in [3.8, 4) is 0 Å². The lowest BCUT2D eigenvalue weighted by atomic mass is 9.96. The van der Waals surface area contributed by atoms with E-state index in [1.165, 1.54) is 4.90 Å². The molecule has 2 aliphatic heterocycles. The van der Waals surface area contributed by atoms with Crippen LogP contribution < -0.4 is 21.3 Å². The lowest BCUT2D eigenvalue weighted by Gasteiger charge is -2.31. The Morgan fingerprint density at radius 3 is 2.22 bits per heavy atom. The average Bonchev–Trinajstić information content (AvgIpc) is 3.64. The number of aromatic amines is 1. The van der Waals surface area contributed by atoms with Crippen molar-refractivity contribution in [2.75, 3.05) is 12.3 Å². The summed E-state index contributed by atoms with van der Waals surface area (Å²) < 4.78 is 33.8. The number of aromatic nitrogens is 1. The van der Waals surface area contributed by atoms with Crippen molar-refractivity contribution in [3.05, 3.63) is 36.0 Å². The zero-order valence-corrected chi connectivity index (χ0v) is 27.4. The van der Waals surface area contributed by atoms with E-state index >= 15 is 0 Å². The van der Waals surface area contributed by atoms with Gasteiger partial charge in [0.2, 0.25) is 29.5 Å². The van der Waals surface area contributed by atoms with Crippen molar-refractivity contribution in [1.29, 1.82) is 0 Å². The van der Waals surface area contributed by atoms with Gasteiger partial charge in [-0.05, 0) is 42.7 Å². The zero-order valence-electron chi connectivity index (χ0n) is 26.5. The minimum atomic E-state index is -4.78. The van der Waals surface area contributed by atoms with Gasteiger partial charge in [0, 0.05) is 30.1 Å². The molecule has 2 aromatic rings. The number of hydrogen-bond donors (Lipinski definition) is 6. The Kier molecular flexibility index (Phi) is 11.1. The molecule has 0 saturated carbocycles. The SMILES string of the molecule is CC[C@H](C)[C@H]1NC(=O)[C@@H]2CCCN2C(=O)[C@@H](CS(=O)(=O)O)NC(=O)[C@@H](Cc2c[nH]c3ccccc23)NC(=O)[C@H](CC(C)C)NC1=O. The molecule has 6 atom stereocenters. The summed E-state index contributed by atoms with van der Waals surface area (Å²) in [6.07, 6.45) is 3.06. The van der Waals surface area contributed by atoms with E-state index in [4.69, 9.17) is 0 Å². The summed E-state index contributed by atoms with van der Waals surface area (Å²) in [6, 6.07) is 1.15. The van der Waals surface area contributed by atoms with Crippen LogP contribution in [0.3, 0.4) is 0 Å². The van der Waals surface area contributed by atoms with Gasteiger partial charge in [-0.2, -0.15) is 8.42 Å². The molecule has 252 valence electrons. The first-order valence-electron chi connectivity index (χ1n) is 15.7. The van der Waals surface area contributed by atoms with Crippen LogP contribution in [0.15, 0.2) is 30.5 Å². The van der Waals surface area contributed by atoms with E-state index in [1.807, 2.05) is 45.0 Å². The molecule has 6 N–H and O–H groups in total. The second-order valence-electron chi connectivity index (χ2n) is 12.7. The predicted molar refractivity (Wildman–Crippen MR) is 170 cm³/mol. The fourth-order valence-corrected chi connectivity index (χ4v) is 6.73. The largest absolute Gasteiger partial charge is 0.361 e. The van der Waals surface area contributed by atoms with Gasteiger partial charge in [-0.3, -0.25) is 28.5 Å². The van der Waals surface area contributed by atoms with Gasteiger partial charge in [0.05, 0.1) is 0 Å². The van der Waals surface area contributed by atoms with Crippen LogP contribution in [0.1, 0.15) is 58.9 Å². The highest BCUT2D eigenvalue weighted by Crippen LogP contribution is 2.22. The van der Waals surface area contributed by atoms with E-state index in [1.54, 1.807) is 13.1 Å². The Hall–Kier alpha value is -3.98. The summed E-state index contributed by atoms with van der Waals surface area (Å²) in [6.45, 7) is 7.49. The quantitative estimate of drug-likeness (QED) is 0.221. The van der Waals surface area contributed by atoms with Gasteiger partial charge in [-0.1, -0.05) is 52.3 Å². The summed E-state index contributed by atoms with van der Waals surface area (Å²) >= 11 is 0. The van der Waals surface area contributed by atoms with Crippen molar-refractivity contribution in [3.63, 3.8) is 0 Å². The summed E-state index contributed by atoms with van der Waals surface area (Å²) in [5.41, 5.74) is 1.46. The number of benzene rings is 1. The summed E-state index contributed by atoms with van der Waals surface area (Å²) in [5.74, 6) is -5.11. The molecule has 0 bridgehead atoms. The molecule has 0 aliphatic carbocycles. The molecule has 1 aromatic carbocycles. The highest BCUT2D eigenvalue weighted by molar-refractivity contribution is 7.85. The van der Waals surface area contributed by atoms with Gasteiger partial charge in [0.25, 0.3) is 10.1 Å². The molecule has 2 saturated heterocycles. The van der Waals surface area contributed by atoms with E-state index < -0.39 is 75.6 Å². The maximum Gasteiger partial charge on any atom is 0.267 e. The van der Waals surface area contributed by atoms with Gasteiger partial charge in [-0.15, -0.1) is 0 Å². The number of carbonyl (C=O) groups is 5. The summed E-state index contributed by atoms with van der Waals surface area (Å²) in [5, 5.41) is 11.5. The van der Waals surface area contributed by atoms with Crippen molar-refractivity contribution >= 4 is 50.6 Å². The third-order valence-corrected chi connectivity index (χ3v) is 9.45. The van der Waals surface area contributed by atoms with E-state index in [0.29, 0.717) is 18.4 Å². The van der Waals surface area contributed by atoms with Crippen molar-refractivity contribution in [1.82, 2.24) is 31.2 Å².